The summed E-state index contributed by atoms with van der Waals surface area (Å²) in [5.74, 6) is 0.603. The first-order valence-electron chi connectivity index (χ1n) is 32.5. The smallest absolute Gasteiger partial charge is 0.160 e. The molecule has 19 aromatic rings. The van der Waals surface area contributed by atoms with Crippen molar-refractivity contribution >= 4 is 87.2 Å². The number of para-hydroxylation sites is 6. The Morgan fingerprint density at radius 3 is 1.02 bits per heavy atom. The van der Waals surface area contributed by atoms with E-state index in [4.69, 9.17) is 9.97 Å². The first kappa shape index (κ1) is 54.6. The summed E-state index contributed by atoms with van der Waals surface area (Å²) >= 11 is 0. The molecule has 5 aromatic heterocycles. The number of nitriles is 1. The van der Waals surface area contributed by atoms with Gasteiger partial charge in [0.15, 0.2) is 5.82 Å². The first-order chi connectivity index (χ1) is 47.5. The van der Waals surface area contributed by atoms with Crippen LogP contribution in [0.1, 0.15) is 5.56 Å². The fourth-order valence-electron chi connectivity index (χ4n) is 14.9. The number of hydrogen-bond donors (Lipinski definition) is 0. The Hall–Kier alpha value is -13.2. The van der Waals surface area contributed by atoms with Crippen LogP contribution in [0.5, 0.6) is 0 Å². The lowest BCUT2D eigenvalue weighted by Crippen LogP contribution is -1.98. The fourth-order valence-corrected chi connectivity index (χ4v) is 14.9. The molecule has 19 rings (SSSR count). The van der Waals surface area contributed by atoms with Crippen molar-refractivity contribution in [3.8, 4) is 96.1 Å². The van der Waals surface area contributed by atoms with Crippen molar-refractivity contribution in [2.45, 2.75) is 0 Å². The molecule has 0 saturated carbocycles. The minimum atomic E-state index is 0.592. The molecule has 0 aliphatic rings. The van der Waals surface area contributed by atoms with E-state index in [2.05, 4.69) is 334 Å². The van der Waals surface area contributed by atoms with Crippen molar-refractivity contribution in [2.24, 2.45) is 0 Å². The van der Waals surface area contributed by atoms with Crippen LogP contribution in [0.25, 0.3) is 177 Å². The molecule has 7 nitrogen and oxygen atoms in total. The quantitative estimate of drug-likeness (QED) is 0.137. The molecule has 0 aliphatic carbocycles. The molecular weight excluding hydrogens is 1170 g/mol. The lowest BCUT2D eigenvalue weighted by atomic mass is 10.0. The highest BCUT2D eigenvalue weighted by molar-refractivity contribution is 6.15. The minimum Gasteiger partial charge on any atom is -0.309 e. The topological polar surface area (TPSA) is 69.3 Å². The monoisotopic (exact) mass is 1220 g/mol. The summed E-state index contributed by atoms with van der Waals surface area (Å²) in [6, 6.07) is 122. The number of aromatic nitrogens is 6. The number of rotatable bonds is 10. The van der Waals surface area contributed by atoms with Crippen LogP contribution in [0.3, 0.4) is 0 Å². The van der Waals surface area contributed by atoms with E-state index in [1.165, 1.54) is 76.3 Å². The maximum atomic E-state index is 9.76. The third kappa shape index (κ3) is 8.89. The van der Waals surface area contributed by atoms with E-state index in [9.17, 15) is 5.26 Å². The zero-order chi connectivity index (χ0) is 63.4. The van der Waals surface area contributed by atoms with E-state index in [0.29, 0.717) is 11.4 Å². The van der Waals surface area contributed by atoms with E-state index < -0.39 is 0 Å². The van der Waals surface area contributed by atoms with Gasteiger partial charge >= 0.3 is 0 Å². The Morgan fingerprint density at radius 1 is 0.208 bits per heavy atom. The molecule has 0 bridgehead atoms. The van der Waals surface area contributed by atoms with Gasteiger partial charge in [-0.05, 0) is 161 Å². The molecule has 0 saturated heterocycles. The van der Waals surface area contributed by atoms with Gasteiger partial charge in [-0.1, -0.05) is 206 Å². The van der Waals surface area contributed by atoms with E-state index in [1.807, 2.05) is 24.3 Å². The average molecular weight is 1220 g/mol. The Balaban J connectivity index is 0.649. The SMILES string of the molecule is N#Cc1ccc(-c2cc(-c3ccc(-c4ccc(-n5c6ccccc6c6cc(-c7ccc8c9ccccc9n(-c9ccccc9)c8c7)ccc65)cc4)cc3)nc(-c3cccc(-n4c5ccccc5c5cc(-c6ccc7c8ccccc8n(-c8ccccc8)c7c6)ccc54)c3)n2)cc1. The van der Waals surface area contributed by atoms with E-state index in [0.717, 1.165) is 95.1 Å². The van der Waals surface area contributed by atoms with Gasteiger partial charge in [0.25, 0.3) is 0 Å². The highest BCUT2D eigenvalue weighted by Gasteiger charge is 2.21. The van der Waals surface area contributed by atoms with Crippen LogP contribution in [0, 0.1) is 11.3 Å². The van der Waals surface area contributed by atoms with Crippen molar-refractivity contribution in [3.63, 3.8) is 0 Å². The number of benzene rings is 14. The summed E-state index contributed by atoms with van der Waals surface area (Å²) in [5.41, 5.74) is 25.4. The molecule has 7 heteroatoms. The van der Waals surface area contributed by atoms with Crippen molar-refractivity contribution in [1.82, 2.24) is 28.2 Å². The number of nitrogens with zero attached hydrogens (tertiary/aromatic N) is 7. The Morgan fingerprint density at radius 2 is 0.542 bits per heavy atom. The molecule has 446 valence electrons. The normalized spacial score (nSPS) is 11.7. The fraction of sp³-hybridized carbons (Fsp3) is 0. The molecule has 5 heterocycles. The van der Waals surface area contributed by atoms with Gasteiger partial charge in [-0.15, -0.1) is 0 Å². The number of fused-ring (bicyclic) bond motifs is 12. The predicted molar refractivity (Wildman–Crippen MR) is 397 cm³/mol. The lowest BCUT2D eigenvalue weighted by molar-refractivity contribution is 1.16. The third-order valence-electron chi connectivity index (χ3n) is 19.4. The largest absolute Gasteiger partial charge is 0.309 e. The predicted octanol–water partition coefficient (Wildman–Crippen LogP) is 22.7. The van der Waals surface area contributed by atoms with Gasteiger partial charge in [0.1, 0.15) is 0 Å². The Bertz CT molecular complexity index is 6360. The minimum absolute atomic E-state index is 0.592. The second-order valence-electron chi connectivity index (χ2n) is 24.8. The lowest BCUT2D eigenvalue weighted by Gasteiger charge is -2.13. The molecule has 14 aromatic carbocycles. The van der Waals surface area contributed by atoms with Crippen LogP contribution in [-0.2, 0) is 0 Å². The van der Waals surface area contributed by atoms with E-state index >= 15 is 0 Å². The van der Waals surface area contributed by atoms with Crippen LogP contribution >= 0.6 is 0 Å². The Labute approximate surface area is 552 Å². The molecular formula is C89H55N7. The molecule has 96 heavy (non-hydrogen) atoms. The summed E-state index contributed by atoms with van der Waals surface area (Å²) in [6.45, 7) is 0. The molecule has 0 radical (unpaired) electrons. The standard InChI is InChI=1S/C89H55N7/c90-56-57-30-32-60(33-31-57)79-55-80(92-89(91-79)66-16-15-21-70(50-66)96-84-29-14-10-25-74(84)78-52-63(43-49-86(78)96)65-41-47-76-72-23-8-12-27-82(72)95(88(76)54-65)68-19-5-2-6-20-68)61-36-34-58(35-37-61)59-38-44-69(45-39-59)93-83-28-13-9-24-73(83)77-51-62(42-48-85(77)93)64-40-46-75-71-22-7-11-26-81(71)94(87(75)53-64)67-17-3-1-4-18-67/h1-55H. The maximum Gasteiger partial charge on any atom is 0.160 e. The van der Waals surface area contributed by atoms with Gasteiger partial charge in [0.2, 0.25) is 0 Å². The summed E-state index contributed by atoms with van der Waals surface area (Å²) in [6.07, 6.45) is 0. The van der Waals surface area contributed by atoms with Gasteiger partial charge < -0.3 is 18.3 Å². The summed E-state index contributed by atoms with van der Waals surface area (Å²) in [4.78, 5) is 10.6. The maximum absolute atomic E-state index is 9.76. The Kier molecular flexibility index (Phi) is 12.5. The first-order valence-corrected chi connectivity index (χ1v) is 32.5. The van der Waals surface area contributed by atoms with Crippen molar-refractivity contribution in [3.05, 3.63) is 339 Å². The highest BCUT2D eigenvalue weighted by Crippen LogP contribution is 2.42. The van der Waals surface area contributed by atoms with E-state index in [1.54, 1.807) is 0 Å². The molecule has 0 unspecified atom stereocenters. The van der Waals surface area contributed by atoms with Crippen LogP contribution < -0.4 is 0 Å². The van der Waals surface area contributed by atoms with Gasteiger partial charge in [0, 0.05) is 82.5 Å². The summed E-state index contributed by atoms with van der Waals surface area (Å²) in [7, 11) is 0. The second kappa shape index (κ2) is 22.0. The van der Waals surface area contributed by atoms with Crippen LogP contribution in [0.4, 0.5) is 0 Å². The molecule has 0 fully saturated rings. The van der Waals surface area contributed by atoms with Gasteiger partial charge in [-0.3, -0.25) is 0 Å². The molecule has 0 atom stereocenters. The van der Waals surface area contributed by atoms with Crippen molar-refractivity contribution in [1.29, 1.82) is 5.26 Å². The second-order valence-corrected chi connectivity index (χ2v) is 24.8. The highest BCUT2D eigenvalue weighted by atomic mass is 15.0. The number of hydrogen-bond acceptors (Lipinski definition) is 3. The van der Waals surface area contributed by atoms with Crippen LogP contribution in [0.15, 0.2) is 334 Å². The molecule has 0 aliphatic heterocycles. The zero-order valence-electron chi connectivity index (χ0n) is 51.9. The van der Waals surface area contributed by atoms with Gasteiger partial charge in [-0.25, -0.2) is 9.97 Å². The molecule has 0 amide bonds. The van der Waals surface area contributed by atoms with Gasteiger partial charge in [0.05, 0.1) is 67.2 Å². The van der Waals surface area contributed by atoms with Gasteiger partial charge in [-0.2, -0.15) is 5.26 Å². The van der Waals surface area contributed by atoms with Crippen molar-refractivity contribution in [2.75, 3.05) is 0 Å². The zero-order valence-corrected chi connectivity index (χ0v) is 51.9. The van der Waals surface area contributed by atoms with Crippen LogP contribution in [0.2, 0.25) is 0 Å². The molecule has 0 spiro atoms. The molecule has 0 N–H and O–H groups in total. The summed E-state index contributed by atoms with van der Waals surface area (Å²) < 4.78 is 9.51. The van der Waals surface area contributed by atoms with Crippen LogP contribution in [-0.4, -0.2) is 28.2 Å². The van der Waals surface area contributed by atoms with E-state index in [-0.39, 0.29) is 0 Å². The van der Waals surface area contributed by atoms with Crippen molar-refractivity contribution < 1.29 is 0 Å². The third-order valence-corrected chi connectivity index (χ3v) is 19.4. The average Bonchev–Trinajstić information content (AvgIpc) is 1.60. The summed E-state index contributed by atoms with van der Waals surface area (Å²) in [5, 5.41) is 19.5.